The van der Waals surface area contributed by atoms with E-state index in [0.717, 1.165) is 5.56 Å². The van der Waals surface area contributed by atoms with Gasteiger partial charge in [-0.2, -0.15) is 0 Å². The van der Waals surface area contributed by atoms with Crippen molar-refractivity contribution >= 4 is 46.9 Å². The lowest BCUT2D eigenvalue weighted by molar-refractivity contribution is -0.116. The van der Waals surface area contributed by atoms with Gasteiger partial charge in [0.2, 0.25) is 11.8 Å². The first-order valence-corrected chi connectivity index (χ1v) is 10.6. The molecule has 1 heterocycles. The first-order valence-electron chi connectivity index (χ1n) is 9.19. The predicted molar refractivity (Wildman–Crippen MR) is 119 cm³/mol. The number of hydrogen-bond acceptors (Lipinski definition) is 5. The van der Waals surface area contributed by atoms with Crippen LogP contribution in [0.2, 0.25) is 5.02 Å². The highest BCUT2D eigenvalue weighted by atomic mass is 35.5. The minimum absolute atomic E-state index is 0.0788. The fraction of sp³-hybridized carbons (Fsp3) is 0.143. The first kappa shape index (κ1) is 22.5. The molecule has 0 aliphatic rings. The highest BCUT2D eigenvalue weighted by Gasteiger charge is 2.12. The van der Waals surface area contributed by atoms with Crippen LogP contribution in [0.15, 0.2) is 59.8 Å². The molecule has 2 aromatic carbocycles. The molecular weight excluding hydrogens is 441 g/mol. The van der Waals surface area contributed by atoms with Crippen LogP contribution in [-0.4, -0.2) is 32.3 Å². The third-order valence-electron chi connectivity index (χ3n) is 4.11. The van der Waals surface area contributed by atoms with Gasteiger partial charge in [-0.15, -0.1) is 10.2 Å². The van der Waals surface area contributed by atoms with Crippen molar-refractivity contribution in [2.24, 2.45) is 7.05 Å². The second-order valence-corrected chi connectivity index (χ2v) is 7.73. The maximum absolute atomic E-state index is 13.2. The summed E-state index contributed by atoms with van der Waals surface area (Å²) in [6.45, 7) is 0.172. The predicted octanol–water partition coefficient (Wildman–Crippen LogP) is 3.67. The number of aromatic nitrogens is 3. The van der Waals surface area contributed by atoms with Crippen molar-refractivity contribution in [1.29, 1.82) is 0 Å². The molecule has 0 radical (unpaired) electrons. The average Bonchev–Trinajstić information content (AvgIpc) is 3.09. The standard InChI is InChI=1S/C21H19ClFN5O2S/c1-28-18(12-24-19(29)10-9-14-5-2-3-8-17(14)22)26-27-21(28)31-13-20(30)25-16-7-4-6-15(23)11-16/h2-11H,12-13H2,1H3,(H,24,29)(H,25,30). The van der Waals surface area contributed by atoms with Crippen molar-refractivity contribution in [3.63, 3.8) is 0 Å². The van der Waals surface area contributed by atoms with E-state index in [1.165, 1.54) is 36.0 Å². The molecule has 7 nitrogen and oxygen atoms in total. The first-order chi connectivity index (χ1) is 14.9. The lowest BCUT2D eigenvalue weighted by Gasteiger charge is -2.06. The molecule has 0 unspecified atom stereocenters. The van der Waals surface area contributed by atoms with Crippen LogP contribution in [0.1, 0.15) is 11.4 Å². The average molecular weight is 460 g/mol. The van der Waals surface area contributed by atoms with Crippen LogP contribution in [0.5, 0.6) is 0 Å². The largest absolute Gasteiger partial charge is 0.345 e. The van der Waals surface area contributed by atoms with Gasteiger partial charge in [-0.05, 0) is 35.9 Å². The number of nitrogens with zero attached hydrogens (tertiary/aromatic N) is 3. The van der Waals surface area contributed by atoms with E-state index in [2.05, 4.69) is 20.8 Å². The Labute approximate surface area is 187 Å². The number of amides is 2. The minimum atomic E-state index is -0.424. The molecule has 160 valence electrons. The summed E-state index contributed by atoms with van der Waals surface area (Å²) in [6, 6.07) is 12.9. The van der Waals surface area contributed by atoms with E-state index in [1.807, 2.05) is 18.2 Å². The Morgan fingerprint density at radius 1 is 1.19 bits per heavy atom. The van der Waals surface area contributed by atoms with Gasteiger partial charge < -0.3 is 15.2 Å². The zero-order valence-corrected chi connectivity index (χ0v) is 18.1. The van der Waals surface area contributed by atoms with Crippen molar-refractivity contribution in [3.05, 3.63) is 76.8 Å². The van der Waals surface area contributed by atoms with Crippen LogP contribution in [0.25, 0.3) is 6.08 Å². The van der Waals surface area contributed by atoms with Gasteiger partial charge in [0.15, 0.2) is 11.0 Å². The Balaban J connectivity index is 1.49. The van der Waals surface area contributed by atoms with Crippen molar-refractivity contribution < 1.29 is 14.0 Å². The van der Waals surface area contributed by atoms with Crippen molar-refractivity contribution in [2.75, 3.05) is 11.1 Å². The molecule has 0 saturated heterocycles. The number of benzene rings is 2. The normalized spacial score (nSPS) is 10.9. The van der Waals surface area contributed by atoms with Gasteiger partial charge in [0.1, 0.15) is 5.82 Å². The molecular formula is C21H19ClFN5O2S. The van der Waals surface area contributed by atoms with E-state index in [4.69, 9.17) is 11.6 Å². The Morgan fingerprint density at radius 2 is 2.00 bits per heavy atom. The molecule has 0 aliphatic carbocycles. The highest BCUT2D eigenvalue weighted by molar-refractivity contribution is 7.99. The number of hydrogen-bond donors (Lipinski definition) is 2. The second-order valence-electron chi connectivity index (χ2n) is 6.38. The van der Waals surface area contributed by atoms with Crippen LogP contribution < -0.4 is 10.6 Å². The van der Waals surface area contributed by atoms with Crippen LogP contribution in [-0.2, 0) is 23.2 Å². The Morgan fingerprint density at radius 3 is 2.77 bits per heavy atom. The number of thioether (sulfide) groups is 1. The summed E-state index contributed by atoms with van der Waals surface area (Å²) >= 11 is 7.24. The summed E-state index contributed by atoms with van der Waals surface area (Å²) in [4.78, 5) is 24.1. The molecule has 0 bridgehead atoms. The van der Waals surface area contributed by atoms with Crippen LogP contribution in [0, 0.1) is 5.82 Å². The van der Waals surface area contributed by atoms with E-state index >= 15 is 0 Å². The number of rotatable bonds is 8. The highest BCUT2D eigenvalue weighted by Crippen LogP contribution is 2.17. The van der Waals surface area contributed by atoms with E-state index < -0.39 is 5.82 Å². The van der Waals surface area contributed by atoms with E-state index in [9.17, 15) is 14.0 Å². The number of anilines is 1. The summed E-state index contributed by atoms with van der Waals surface area (Å²) < 4.78 is 14.9. The summed E-state index contributed by atoms with van der Waals surface area (Å²) in [6.07, 6.45) is 3.02. The molecule has 2 N–H and O–H groups in total. The lowest BCUT2D eigenvalue weighted by atomic mass is 10.2. The molecule has 2 amide bonds. The van der Waals surface area contributed by atoms with Gasteiger partial charge in [0.25, 0.3) is 0 Å². The zero-order chi connectivity index (χ0) is 22.2. The van der Waals surface area contributed by atoms with Gasteiger partial charge in [0, 0.05) is 23.8 Å². The molecule has 1 aromatic heterocycles. The van der Waals surface area contributed by atoms with Crippen molar-refractivity contribution in [3.8, 4) is 0 Å². The van der Waals surface area contributed by atoms with Crippen LogP contribution >= 0.6 is 23.4 Å². The number of halogens is 2. The Kier molecular flexibility index (Phi) is 7.80. The van der Waals surface area contributed by atoms with Gasteiger partial charge >= 0.3 is 0 Å². The topological polar surface area (TPSA) is 88.9 Å². The van der Waals surface area contributed by atoms with Gasteiger partial charge in [-0.1, -0.05) is 47.6 Å². The summed E-state index contributed by atoms with van der Waals surface area (Å²) in [5.41, 5.74) is 1.13. The smallest absolute Gasteiger partial charge is 0.244 e. The molecule has 31 heavy (non-hydrogen) atoms. The maximum Gasteiger partial charge on any atom is 0.244 e. The van der Waals surface area contributed by atoms with E-state index in [0.29, 0.717) is 21.7 Å². The Bertz CT molecular complexity index is 1120. The Hall–Kier alpha value is -3.17. The molecule has 0 aliphatic heterocycles. The maximum atomic E-state index is 13.2. The fourth-order valence-electron chi connectivity index (χ4n) is 2.52. The van der Waals surface area contributed by atoms with Gasteiger partial charge in [0.05, 0.1) is 12.3 Å². The third-order valence-corrected chi connectivity index (χ3v) is 5.47. The molecule has 3 aromatic rings. The zero-order valence-electron chi connectivity index (χ0n) is 16.5. The SMILES string of the molecule is Cn1c(CNC(=O)C=Cc2ccccc2Cl)nnc1SCC(=O)Nc1cccc(F)c1. The molecule has 0 atom stereocenters. The van der Waals surface area contributed by atoms with Crippen molar-refractivity contribution in [2.45, 2.75) is 11.7 Å². The number of carbonyl (C=O) groups is 2. The third kappa shape index (κ3) is 6.66. The molecule has 10 heteroatoms. The van der Waals surface area contributed by atoms with Gasteiger partial charge in [-0.25, -0.2) is 4.39 Å². The quantitative estimate of drug-likeness (QED) is 0.396. The summed E-state index contributed by atoms with van der Waals surface area (Å²) in [5.74, 6) is -0.403. The summed E-state index contributed by atoms with van der Waals surface area (Å²) in [7, 11) is 1.74. The molecule has 0 saturated carbocycles. The summed E-state index contributed by atoms with van der Waals surface area (Å²) in [5, 5.41) is 14.5. The lowest BCUT2D eigenvalue weighted by Crippen LogP contribution is -2.22. The van der Waals surface area contributed by atoms with E-state index in [1.54, 1.807) is 29.8 Å². The monoisotopic (exact) mass is 459 g/mol. The molecule has 0 fully saturated rings. The molecule has 0 spiro atoms. The minimum Gasteiger partial charge on any atom is -0.345 e. The van der Waals surface area contributed by atoms with Crippen molar-refractivity contribution in [1.82, 2.24) is 20.1 Å². The number of nitrogens with one attached hydrogen (secondary N) is 2. The van der Waals surface area contributed by atoms with Crippen LogP contribution in [0.3, 0.4) is 0 Å². The number of carbonyl (C=O) groups excluding carboxylic acids is 2. The van der Waals surface area contributed by atoms with E-state index in [-0.39, 0.29) is 24.1 Å². The second kappa shape index (κ2) is 10.7. The molecule has 3 rings (SSSR count). The van der Waals surface area contributed by atoms with Crippen LogP contribution in [0.4, 0.5) is 10.1 Å². The van der Waals surface area contributed by atoms with Gasteiger partial charge in [-0.3, -0.25) is 9.59 Å². The fourth-order valence-corrected chi connectivity index (χ4v) is 3.45.